The predicted molar refractivity (Wildman–Crippen MR) is 44.1 cm³/mol. The molecule has 0 aliphatic rings. The molecule has 0 heterocycles. The van der Waals surface area contributed by atoms with E-state index in [1.54, 1.807) is 0 Å². The van der Waals surface area contributed by atoms with Crippen LogP contribution in [0.3, 0.4) is 0 Å². The first-order chi connectivity index (χ1) is 7.52. The van der Waals surface area contributed by atoms with Crippen LogP contribution in [0.15, 0.2) is 24.3 Å². The summed E-state index contributed by atoms with van der Waals surface area (Å²) in [5, 5.41) is 17.9. The maximum atomic E-state index is 12.4. The van der Waals surface area contributed by atoms with Gasteiger partial charge in [0.05, 0.1) is 0 Å². The fraction of sp³-hybridized carbons (Fsp3) is 0.333. The molecule has 2 nitrogen and oxygen atoms in total. The van der Waals surface area contributed by atoms with E-state index in [1.165, 1.54) is 0 Å². The van der Waals surface area contributed by atoms with Crippen LogP contribution >= 0.6 is 0 Å². The topological polar surface area (TPSA) is 40.5 Å². The maximum Gasteiger partial charge on any atom is 0.430 e. The van der Waals surface area contributed by atoms with E-state index in [2.05, 4.69) is 0 Å². The van der Waals surface area contributed by atoms with Gasteiger partial charge in [0.15, 0.2) is 0 Å². The number of hydrogen-bond donors (Lipinski definition) is 2. The van der Waals surface area contributed by atoms with Crippen LogP contribution in [0, 0.1) is 0 Å². The van der Waals surface area contributed by atoms with E-state index >= 15 is 0 Å². The van der Waals surface area contributed by atoms with Crippen molar-refractivity contribution in [2.24, 2.45) is 0 Å². The van der Waals surface area contributed by atoms with Gasteiger partial charge in [0.25, 0.3) is 5.60 Å². The molecule has 0 amide bonds. The molecule has 0 unspecified atom stereocenters. The Morgan fingerprint density at radius 1 is 0.824 bits per heavy atom. The molecule has 0 spiro atoms. The summed E-state index contributed by atoms with van der Waals surface area (Å²) in [6.07, 6.45) is -12.0. The van der Waals surface area contributed by atoms with Gasteiger partial charge in [0.1, 0.15) is 5.75 Å². The molecule has 0 fully saturated rings. The lowest BCUT2D eigenvalue weighted by Gasteiger charge is -2.32. The summed E-state index contributed by atoms with van der Waals surface area (Å²) in [6, 6.07) is 2.86. The van der Waals surface area contributed by atoms with Gasteiger partial charge in [-0.05, 0) is 6.07 Å². The quantitative estimate of drug-likeness (QED) is 0.762. The van der Waals surface area contributed by atoms with Crippen LogP contribution < -0.4 is 0 Å². The Balaban J connectivity index is 3.53. The molecule has 0 aromatic heterocycles. The second kappa shape index (κ2) is 3.80. The Kier molecular flexibility index (Phi) is 3.04. The summed E-state index contributed by atoms with van der Waals surface area (Å²) in [6.45, 7) is 0. The molecule has 17 heavy (non-hydrogen) atoms. The second-order valence-corrected chi connectivity index (χ2v) is 3.22. The summed E-state index contributed by atoms with van der Waals surface area (Å²) < 4.78 is 74.3. The van der Waals surface area contributed by atoms with Crippen molar-refractivity contribution in [3.05, 3.63) is 29.8 Å². The highest BCUT2D eigenvalue weighted by atomic mass is 19.4. The van der Waals surface area contributed by atoms with Crippen molar-refractivity contribution in [3.63, 3.8) is 0 Å². The van der Waals surface area contributed by atoms with E-state index in [0.29, 0.717) is 12.1 Å². The molecular weight excluding hydrogens is 254 g/mol. The zero-order valence-electron chi connectivity index (χ0n) is 7.97. The second-order valence-electron chi connectivity index (χ2n) is 3.22. The third-order valence-corrected chi connectivity index (χ3v) is 2.11. The zero-order valence-corrected chi connectivity index (χ0v) is 7.97. The Morgan fingerprint density at radius 2 is 1.24 bits per heavy atom. The first-order valence-electron chi connectivity index (χ1n) is 4.16. The Bertz CT molecular complexity index is 395. The monoisotopic (exact) mass is 260 g/mol. The van der Waals surface area contributed by atoms with Gasteiger partial charge in [-0.25, -0.2) is 0 Å². The van der Waals surface area contributed by atoms with Crippen molar-refractivity contribution in [3.8, 4) is 5.75 Å². The average Bonchev–Trinajstić information content (AvgIpc) is 2.13. The number of hydrogen-bond acceptors (Lipinski definition) is 2. The van der Waals surface area contributed by atoms with Gasteiger partial charge >= 0.3 is 12.4 Å². The van der Waals surface area contributed by atoms with Crippen LogP contribution in [0.2, 0.25) is 0 Å². The molecule has 0 radical (unpaired) electrons. The highest BCUT2D eigenvalue weighted by Crippen LogP contribution is 2.51. The van der Waals surface area contributed by atoms with Crippen molar-refractivity contribution in [2.75, 3.05) is 0 Å². The van der Waals surface area contributed by atoms with Crippen LogP contribution in [-0.4, -0.2) is 22.6 Å². The molecular formula is C9H6F6O2. The Labute approximate surface area is 91.1 Å². The maximum absolute atomic E-state index is 12.4. The molecule has 0 aliphatic heterocycles. The number of phenolic OH excluding ortho intramolecular Hbond substituents is 1. The molecule has 0 atom stereocenters. The number of benzene rings is 1. The highest BCUT2D eigenvalue weighted by Gasteiger charge is 2.72. The van der Waals surface area contributed by atoms with Gasteiger partial charge in [-0.1, -0.05) is 18.2 Å². The predicted octanol–water partition coefficient (Wildman–Crippen LogP) is 2.70. The number of alkyl halides is 6. The van der Waals surface area contributed by atoms with E-state index in [4.69, 9.17) is 10.2 Å². The zero-order chi connectivity index (χ0) is 13.5. The third-order valence-electron chi connectivity index (χ3n) is 2.11. The molecule has 0 saturated heterocycles. The minimum absolute atomic E-state index is 0.357. The highest BCUT2D eigenvalue weighted by molar-refractivity contribution is 5.39. The normalized spacial score (nSPS) is 13.8. The van der Waals surface area contributed by atoms with E-state index in [1.807, 2.05) is 0 Å². The van der Waals surface area contributed by atoms with Crippen molar-refractivity contribution in [1.82, 2.24) is 0 Å². The Hall–Kier alpha value is -1.44. The standard InChI is InChI=1S/C9H6F6O2/c10-8(11,12)7(17,9(13,14)15)5-3-1-2-4-6(5)16/h1-4,16-17H. The third kappa shape index (κ3) is 2.04. The van der Waals surface area contributed by atoms with Gasteiger partial charge in [0.2, 0.25) is 0 Å². The largest absolute Gasteiger partial charge is 0.508 e. The molecule has 1 aromatic carbocycles. The SMILES string of the molecule is Oc1ccccc1C(O)(C(F)(F)F)C(F)(F)F. The molecule has 0 saturated carbocycles. The van der Waals surface area contributed by atoms with E-state index in [0.717, 1.165) is 12.1 Å². The van der Waals surface area contributed by atoms with Gasteiger partial charge in [-0.2, -0.15) is 26.3 Å². The number of aromatic hydroxyl groups is 1. The number of para-hydroxylation sites is 1. The average molecular weight is 260 g/mol. The molecule has 0 aliphatic carbocycles. The molecule has 2 N–H and O–H groups in total. The molecule has 1 rings (SSSR count). The van der Waals surface area contributed by atoms with Crippen LogP contribution in [0.5, 0.6) is 5.75 Å². The van der Waals surface area contributed by atoms with E-state index in [-0.39, 0.29) is 0 Å². The number of aliphatic hydroxyl groups is 1. The minimum Gasteiger partial charge on any atom is -0.508 e. The molecule has 1 aromatic rings. The number of phenols is 1. The van der Waals surface area contributed by atoms with E-state index in [9.17, 15) is 26.3 Å². The van der Waals surface area contributed by atoms with Gasteiger partial charge in [-0.3, -0.25) is 0 Å². The van der Waals surface area contributed by atoms with Crippen LogP contribution in [0.1, 0.15) is 5.56 Å². The van der Waals surface area contributed by atoms with Gasteiger partial charge in [0, 0.05) is 5.56 Å². The van der Waals surface area contributed by atoms with Crippen LogP contribution in [0.4, 0.5) is 26.3 Å². The summed E-state index contributed by atoms with van der Waals surface area (Å²) in [4.78, 5) is 0. The van der Waals surface area contributed by atoms with Gasteiger partial charge in [-0.15, -0.1) is 0 Å². The number of rotatable bonds is 1. The van der Waals surface area contributed by atoms with Crippen molar-refractivity contribution in [1.29, 1.82) is 0 Å². The van der Waals surface area contributed by atoms with Crippen molar-refractivity contribution in [2.45, 2.75) is 18.0 Å². The van der Waals surface area contributed by atoms with Crippen molar-refractivity contribution < 1.29 is 36.6 Å². The molecule has 96 valence electrons. The lowest BCUT2D eigenvalue weighted by molar-refractivity contribution is -0.376. The first-order valence-corrected chi connectivity index (χ1v) is 4.16. The summed E-state index contributed by atoms with van der Waals surface area (Å²) in [5.41, 5.74) is -6.74. The fourth-order valence-corrected chi connectivity index (χ4v) is 1.25. The first kappa shape index (κ1) is 13.6. The number of halogens is 6. The molecule has 8 heteroatoms. The van der Waals surface area contributed by atoms with Gasteiger partial charge < -0.3 is 10.2 Å². The minimum atomic E-state index is -6.00. The summed E-state index contributed by atoms with van der Waals surface area (Å²) in [7, 11) is 0. The molecule has 0 bridgehead atoms. The summed E-state index contributed by atoms with van der Waals surface area (Å²) in [5.74, 6) is -1.29. The summed E-state index contributed by atoms with van der Waals surface area (Å²) >= 11 is 0. The van der Waals surface area contributed by atoms with Crippen molar-refractivity contribution >= 4 is 0 Å². The van der Waals surface area contributed by atoms with Crippen LogP contribution in [-0.2, 0) is 5.60 Å². The lowest BCUT2D eigenvalue weighted by atomic mass is 9.91. The lowest BCUT2D eigenvalue weighted by Crippen LogP contribution is -2.53. The fourth-order valence-electron chi connectivity index (χ4n) is 1.25. The van der Waals surface area contributed by atoms with E-state index < -0.39 is 29.3 Å². The van der Waals surface area contributed by atoms with Crippen LogP contribution in [0.25, 0.3) is 0 Å². The smallest absolute Gasteiger partial charge is 0.430 e. The Morgan fingerprint density at radius 3 is 1.59 bits per heavy atom.